The zero-order valence-electron chi connectivity index (χ0n) is 9.42. The van der Waals surface area contributed by atoms with Crippen molar-refractivity contribution in [3.63, 3.8) is 0 Å². The van der Waals surface area contributed by atoms with Crippen molar-refractivity contribution >= 4 is 11.0 Å². The number of aromatic nitrogens is 3. The van der Waals surface area contributed by atoms with Crippen LogP contribution in [0.3, 0.4) is 0 Å². The predicted octanol–water partition coefficient (Wildman–Crippen LogP) is -0.957. The molecule has 7 nitrogen and oxygen atoms in total. The largest absolute Gasteiger partial charge is 0.394 e. The van der Waals surface area contributed by atoms with E-state index in [2.05, 4.69) is 10.3 Å². The van der Waals surface area contributed by atoms with E-state index in [-0.39, 0.29) is 6.61 Å². The summed E-state index contributed by atoms with van der Waals surface area (Å²) >= 11 is 0. The first-order valence-corrected chi connectivity index (χ1v) is 5.65. The van der Waals surface area contributed by atoms with E-state index in [0.717, 1.165) is 0 Å². The Bertz CT molecular complexity index is 558. The molecule has 0 saturated carbocycles. The van der Waals surface area contributed by atoms with Crippen molar-refractivity contribution < 1.29 is 20.1 Å². The van der Waals surface area contributed by atoms with Crippen LogP contribution in [-0.2, 0) is 4.74 Å². The second kappa shape index (κ2) is 4.29. The van der Waals surface area contributed by atoms with Crippen molar-refractivity contribution in [2.24, 2.45) is 0 Å². The average molecular weight is 251 g/mol. The van der Waals surface area contributed by atoms with Gasteiger partial charge in [-0.1, -0.05) is 17.3 Å². The van der Waals surface area contributed by atoms with Gasteiger partial charge >= 0.3 is 0 Å². The maximum atomic E-state index is 9.92. The molecule has 1 aromatic carbocycles. The van der Waals surface area contributed by atoms with Crippen LogP contribution in [0.15, 0.2) is 24.3 Å². The Balaban J connectivity index is 2.00. The Kier molecular flexibility index (Phi) is 2.75. The smallest absolute Gasteiger partial charge is 0.181 e. The van der Waals surface area contributed by atoms with E-state index in [4.69, 9.17) is 9.84 Å². The lowest BCUT2D eigenvalue weighted by Gasteiger charge is -2.14. The van der Waals surface area contributed by atoms with E-state index in [0.29, 0.717) is 11.0 Å². The fourth-order valence-corrected chi connectivity index (χ4v) is 2.16. The highest BCUT2D eigenvalue weighted by atomic mass is 16.6. The zero-order valence-corrected chi connectivity index (χ0v) is 9.42. The SMILES string of the molecule is OC[C@@H]1O[C@H](n2nnc3ccccc32)[C@@H](O)[C@H]1O. The van der Waals surface area contributed by atoms with Gasteiger partial charge in [0.15, 0.2) is 6.23 Å². The molecule has 0 radical (unpaired) electrons. The van der Waals surface area contributed by atoms with Crippen LogP contribution in [-0.4, -0.2) is 55.2 Å². The molecule has 0 amide bonds. The molecule has 18 heavy (non-hydrogen) atoms. The minimum absolute atomic E-state index is 0.360. The molecule has 4 atom stereocenters. The van der Waals surface area contributed by atoms with E-state index >= 15 is 0 Å². The Morgan fingerprint density at radius 3 is 2.72 bits per heavy atom. The summed E-state index contributed by atoms with van der Waals surface area (Å²) in [6.07, 6.45) is -3.94. The number of aliphatic hydroxyl groups excluding tert-OH is 3. The molecule has 0 bridgehead atoms. The maximum absolute atomic E-state index is 9.92. The second-order valence-electron chi connectivity index (χ2n) is 4.25. The van der Waals surface area contributed by atoms with E-state index in [1.54, 1.807) is 12.1 Å². The van der Waals surface area contributed by atoms with Gasteiger partial charge in [0.05, 0.1) is 12.1 Å². The molecule has 7 heteroatoms. The highest BCUT2D eigenvalue weighted by Crippen LogP contribution is 2.30. The van der Waals surface area contributed by atoms with Gasteiger partial charge in [0, 0.05) is 0 Å². The van der Waals surface area contributed by atoms with Crippen molar-refractivity contribution in [1.82, 2.24) is 15.0 Å². The summed E-state index contributed by atoms with van der Waals surface area (Å²) in [4.78, 5) is 0. The molecule has 1 aliphatic rings. The van der Waals surface area contributed by atoms with Crippen LogP contribution in [0.2, 0.25) is 0 Å². The summed E-state index contributed by atoms with van der Waals surface area (Å²) in [6, 6.07) is 7.24. The predicted molar refractivity (Wildman–Crippen MR) is 60.5 cm³/mol. The highest BCUT2D eigenvalue weighted by molar-refractivity contribution is 5.73. The first kappa shape index (κ1) is 11.5. The van der Waals surface area contributed by atoms with Gasteiger partial charge in [0.25, 0.3) is 0 Å². The van der Waals surface area contributed by atoms with Gasteiger partial charge in [-0.05, 0) is 12.1 Å². The number of ether oxygens (including phenoxy) is 1. The third kappa shape index (κ3) is 1.60. The quantitative estimate of drug-likeness (QED) is 0.635. The number of hydrogen-bond acceptors (Lipinski definition) is 6. The molecule has 1 fully saturated rings. The lowest BCUT2D eigenvalue weighted by Crippen LogP contribution is -2.33. The fraction of sp³-hybridized carbons (Fsp3) is 0.455. The molecule has 3 N–H and O–H groups in total. The van der Waals surface area contributed by atoms with Crippen molar-refractivity contribution in [1.29, 1.82) is 0 Å². The summed E-state index contributed by atoms with van der Waals surface area (Å²) in [5.41, 5.74) is 1.38. The summed E-state index contributed by atoms with van der Waals surface area (Å²) in [5, 5.41) is 36.5. The Labute approximate surface area is 102 Å². The third-order valence-electron chi connectivity index (χ3n) is 3.14. The van der Waals surface area contributed by atoms with Crippen molar-refractivity contribution in [2.75, 3.05) is 6.61 Å². The Morgan fingerprint density at radius 1 is 1.22 bits per heavy atom. The van der Waals surface area contributed by atoms with E-state index in [9.17, 15) is 10.2 Å². The maximum Gasteiger partial charge on any atom is 0.181 e. The average Bonchev–Trinajstić information content (AvgIpc) is 2.93. The number of benzene rings is 1. The molecule has 96 valence electrons. The molecular weight excluding hydrogens is 238 g/mol. The summed E-state index contributed by atoms with van der Waals surface area (Å²) in [7, 11) is 0. The van der Waals surface area contributed by atoms with Crippen LogP contribution in [0.1, 0.15) is 6.23 Å². The van der Waals surface area contributed by atoms with Gasteiger partial charge < -0.3 is 20.1 Å². The second-order valence-corrected chi connectivity index (χ2v) is 4.25. The van der Waals surface area contributed by atoms with Crippen molar-refractivity contribution in [3.05, 3.63) is 24.3 Å². The summed E-state index contributed by atoms with van der Waals surface area (Å²) in [6.45, 7) is -0.360. The normalized spacial score (nSPS) is 32.2. The molecule has 1 aliphatic heterocycles. The molecule has 1 aromatic heterocycles. The Morgan fingerprint density at radius 2 is 2.00 bits per heavy atom. The van der Waals surface area contributed by atoms with Gasteiger partial charge in [0.1, 0.15) is 23.8 Å². The lowest BCUT2D eigenvalue weighted by atomic mass is 10.1. The van der Waals surface area contributed by atoms with Gasteiger partial charge in [-0.15, -0.1) is 5.10 Å². The van der Waals surface area contributed by atoms with Crippen LogP contribution in [0.4, 0.5) is 0 Å². The van der Waals surface area contributed by atoms with E-state index in [1.165, 1.54) is 4.68 Å². The fourth-order valence-electron chi connectivity index (χ4n) is 2.16. The van der Waals surface area contributed by atoms with Crippen molar-refractivity contribution in [2.45, 2.75) is 24.5 Å². The molecule has 0 spiro atoms. The number of hydrogen-bond donors (Lipinski definition) is 3. The number of aliphatic hydroxyl groups is 3. The van der Waals surface area contributed by atoms with Gasteiger partial charge in [-0.3, -0.25) is 0 Å². The van der Waals surface area contributed by atoms with Gasteiger partial charge in [-0.2, -0.15) is 0 Å². The number of rotatable bonds is 2. The highest BCUT2D eigenvalue weighted by Gasteiger charge is 2.44. The lowest BCUT2D eigenvalue weighted by molar-refractivity contribution is -0.0572. The summed E-state index contributed by atoms with van der Waals surface area (Å²) in [5.74, 6) is 0. The molecule has 0 aliphatic carbocycles. The van der Waals surface area contributed by atoms with Crippen LogP contribution in [0, 0.1) is 0 Å². The van der Waals surface area contributed by atoms with Crippen molar-refractivity contribution in [3.8, 4) is 0 Å². The summed E-state index contributed by atoms with van der Waals surface area (Å²) < 4.78 is 6.81. The zero-order chi connectivity index (χ0) is 12.7. The van der Waals surface area contributed by atoms with E-state index < -0.39 is 24.5 Å². The van der Waals surface area contributed by atoms with Gasteiger partial charge in [0.2, 0.25) is 0 Å². The monoisotopic (exact) mass is 251 g/mol. The van der Waals surface area contributed by atoms with E-state index in [1.807, 2.05) is 12.1 Å². The van der Waals surface area contributed by atoms with Crippen LogP contribution >= 0.6 is 0 Å². The first-order chi connectivity index (χ1) is 8.72. The van der Waals surface area contributed by atoms with Gasteiger partial charge in [-0.25, -0.2) is 4.68 Å². The Hall–Kier alpha value is -1.54. The third-order valence-corrected chi connectivity index (χ3v) is 3.14. The topological polar surface area (TPSA) is 101 Å². The standard InChI is InChI=1S/C11H13N3O4/c15-5-8-9(16)10(17)11(18-8)14-7-4-2-1-3-6(7)12-13-14/h1-4,8-11,15-17H,5H2/t8-,9-,10-,11-/m0/s1. The van der Waals surface area contributed by atoms with Crippen LogP contribution in [0.25, 0.3) is 11.0 Å². The molecular formula is C11H13N3O4. The number of fused-ring (bicyclic) bond motifs is 1. The minimum atomic E-state index is -1.15. The first-order valence-electron chi connectivity index (χ1n) is 5.65. The number of nitrogens with zero attached hydrogens (tertiary/aromatic N) is 3. The molecule has 2 aromatic rings. The van der Waals surface area contributed by atoms with Crippen LogP contribution < -0.4 is 0 Å². The molecule has 3 rings (SSSR count). The van der Waals surface area contributed by atoms with Crippen LogP contribution in [0.5, 0.6) is 0 Å². The molecule has 2 heterocycles. The molecule has 1 saturated heterocycles. The minimum Gasteiger partial charge on any atom is -0.394 e. The molecule has 0 unspecified atom stereocenters. The number of para-hydroxylation sites is 1.